The zero-order chi connectivity index (χ0) is 20.4. The molecule has 2 amide bonds. The standard InChI is InChI=1S/C23H28N4O2/c1-17-7-3-5-9-20(17)26-13-11-25(12-14-26)16-23(29)27-18(2)15-22(28)24-19-8-4-6-10-21(19)27/h3-10,18H,11-16H2,1-2H3,(H,24,28)/p+1/t18-/m0/s1. The first kappa shape index (κ1) is 19.5. The summed E-state index contributed by atoms with van der Waals surface area (Å²) >= 11 is 0. The summed E-state index contributed by atoms with van der Waals surface area (Å²) in [5, 5.41) is 2.92. The molecule has 0 radical (unpaired) electrons. The molecule has 0 unspecified atom stereocenters. The fraction of sp³-hybridized carbons (Fsp3) is 0.391. The Morgan fingerprint density at radius 1 is 1.07 bits per heavy atom. The van der Waals surface area contributed by atoms with E-state index in [0.29, 0.717) is 13.0 Å². The second kappa shape index (κ2) is 8.25. The van der Waals surface area contributed by atoms with Crippen LogP contribution in [0, 0.1) is 6.92 Å². The summed E-state index contributed by atoms with van der Waals surface area (Å²) < 4.78 is 0. The molecule has 2 aliphatic heterocycles. The molecule has 2 heterocycles. The van der Waals surface area contributed by atoms with Gasteiger partial charge in [-0.1, -0.05) is 30.3 Å². The van der Waals surface area contributed by atoms with Crippen LogP contribution in [-0.4, -0.2) is 50.6 Å². The largest absolute Gasteiger partial charge is 0.360 e. The third-order valence-electron chi connectivity index (χ3n) is 5.96. The number of anilines is 3. The molecule has 1 saturated heterocycles. The number of hydrogen-bond donors (Lipinski definition) is 2. The van der Waals surface area contributed by atoms with E-state index in [1.54, 1.807) is 0 Å². The topological polar surface area (TPSA) is 57.1 Å². The van der Waals surface area contributed by atoms with Crippen LogP contribution in [-0.2, 0) is 9.59 Å². The van der Waals surface area contributed by atoms with Gasteiger partial charge in [0, 0.05) is 18.2 Å². The first-order valence-electron chi connectivity index (χ1n) is 10.4. The van der Waals surface area contributed by atoms with Crippen LogP contribution in [0.3, 0.4) is 0 Å². The van der Waals surface area contributed by atoms with Gasteiger partial charge in [0.2, 0.25) is 5.91 Å². The fourth-order valence-corrected chi connectivity index (χ4v) is 4.43. The molecule has 152 valence electrons. The number of aryl methyl sites for hydroxylation is 1. The van der Waals surface area contributed by atoms with Gasteiger partial charge in [0.05, 0.1) is 37.6 Å². The van der Waals surface area contributed by atoms with E-state index in [-0.39, 0.29) is 17.9 Å². The highest BCUT2D eigenvalue weighted by Gasteiger charge is 2.32. The number of piperazine rings is 1. The average molecular weight is 394 g/mol. The van der Waals surface area contributed by atoms with Gasteiger partial charge in [0.1, 0.15) is 0 Å². The van der Waals surface area contributed by atoms with Crippen molar-refractivity contribution >= 4 is 28.9 Å². The SMILES string of the molecule is Cc1ccccc1N1CC[NH+](CC(=O)N2c3ccccc3NC(=O)C[C@@H]2C)CC1. The Labute approximate surface area is 172 Å². The van der Waals surface area contributed by atoms with Gasteiger partial charge in [-0.15, -0.1) is 0 Å². The van der Waals surface area contributed by atoms with E-state index in [1.807, 2.05) is 36.1 Å². The van der Waals surface area contributed by atoms with Gasteiger partial charge in [-0.3, -0.25) is 9.59 Å². The highest BCUT2D eigenvalue weighted by atomic mass is 16.2. The van der Waals surface area contributed by atoms with Crippen molar-refractivity contribution in [3.63, 3.8) is 0 Å². The van der Waals surface area contributed by atoms with Crippen molar-refractivity contribution in [3.8, 4) is 0 Å². The highest BCUT2D eigenvalue weighted by Crippen LogP contribution is 2.31. The number of amides is 2. The number of nitrogens with zero attached hydrogens (tertiary/aromatic N) is 2. The van der Waals surface area contributed by atoms with Gasteiger partial charge >= 0.3 is 0 Å². The molecule has 2 N–H and O–H groups in total. The van der Waals surface area contributed by atoms with Crippen molar-refractivity contribution in [1.82, 2.24) is 0 Å². The maximum absolute atomic E-state index is 13.3. The average Bonchev–Trinajstić information content (AvgIpc) is 2.83. The van der Waals surface area contributed by atoms with Crippen molar-refractivity contribution < 1.29 is 14.5 Å². The summed E-state index contributed by atoms with van der Waals surface area (Å²) in [4.78, 5) is 30.9. The maximum Gasteiger partial charge on any atom is 0.282 e. The molecule has 4 rings (SSSR count). The molecule has 6 heteroatoms. The fourth-order valence-electron chi connectivity index (χ4n) is 4.43. The van der Waals surface area contributed by atoms with E-state index < -0.39 is 0 Å². The lowest BCUT2D eigenvalue weighted by Gasteiger charge is -2.35. The Bertz CT molecular complexity index is 905. The number of nitrogens with one attached hydrogen (secondary N) is 2. The third kappa shape index (κ3) is 4.12. The smallest absolute Gasteiger partial charge is 0.282 e. The van der Waals surface area contributed by atoms with Gasteiger partial charge in [0.15, 0.2) is 6.54 Å². The monoisotopic (exact) mass is 393 g/mol. The third-order valence-corrected chi connectivity index (χ3v) is 5.96. The Balaban J connectivity index is 1.43. The van der Waals surface area contributed by atoms with Crippen LogP contribution in [0.4, 0.5) is 17.1 Å². The predicted octanol–water partition coefficient (Wildman–Crippen LogP) is 1.46. The first-order valence-corrected chi connectivity index (χ1v) is 10.4. The van der Waals surface area contributed by atoms with Crippen LogP contribution in [0.25, 0.3) is 0 Å². The number of benzene rings is 2. The molecule has 0 aromatic heterocycles. The summed E-state index contributed by atoms with van der Waals surface area (Å²) in [6, 6.07) is 15.9. The molecule has 2 aliphatic rings. The van der Waals surface area contributed by atoms with Gasteiger partial charge in [-0.05, 0) is 37.6 Å². The zero-order valence-corrected chi connectivity index (χ0v) is 17.1. The first-order chi connectivity index (χ1) is 14.0. The molecule has 1 atom stereocenters. The molecule has 1 fully saturated rings. The Morgan fingerprint density at radius 3 is 2.45 bits per heavy atom. The number of rotatable bonds is 3. The molecule has 2 aromatic carbocycles. The second-order valence-electron chi connectivity index (χ2n) is 8.08. The summed E-state index contributed by atoms with van der Waals surface area (Å²) in [5.74, 6) is 0.0419. The second-order valence-corrected chi connectivity index (χ2v) is 8.08. The number of carbonyl (C=O) groups excluding carboxylic acids is 2. The lowest BCUT2D eigenvalue weighted by Crippen LogP contribution is -3.16. The summed E-state index contributed by atoms with van der Waals surface area (Å²) in [6.07, 6.45) is 0.316. The minimum Gasteiger partial charge on any atom is -0.360 e. The van der Waals surface area contributed by atoms with Gasteiger partial charge in [-0.25, -0.2) is 0 Å². The molecule has 0 bridgehead atoms. The lowest BCUT2D eigenvalue weighted by molar-refractivity contribution is -0.892. The normalized spacial score (nSPS) is 20.1. The van der Waals surface area contributed by atoms with Gasteiger partial charge in [-0.2, -0.15) is 0 Å². The minimum atomic E-state index is -0.154. The summed E-state index contributed by atoms with van der Waals surface area (Å²) in [5.41, 5.74) is 4.10. The van der Waals surface area contributed by atoms with E-state index in [1.165, 1.54) is 16.2 Å². The number of para-hydroxylation sites is 3. The summed E-state index contributed by atoms with van der Waals surface area (Å²) in [6.45, 7) is 8.30. The van der Waals surface area contributed by atoms with E-state index >= 15 is 0 Å². The Hall–Kier alpha value is -2.86. The molecular weight excluding hydrogens is 364 g/mol. The maximum atomic E-state index is 13.3. The van der Waals surface area contributed by atoms with E-state index in [0.717, 1.165) is 37.6 Å². The van der Waals surface area contributed by atoms with Crippen LogP contribution in [0.2, 0.25) is 0 Å². The molecule has 0 spiro atoms. The molecular formula is C23H29N4O2+. The zero-order valence-electron chi connectivity index (χ0n) is 17.1. The van der Waals surface area contributed by atoms with Crippen molar-refractivity contribution in [3.05, 3.63) is 54.1 Å². The molecule has 2 aromatic rings. The van der Waals surface area contributed by atoms with Crippen LogP contribution >= 0.6 is 0 Å². The highest BCUT2D eigenvalue weighted by molar-refractivity contribution is 6.04. The van der Waals surface area contributed by atoms with Crippen LogP contribution in [0.15, 0.2) is 48.5 Å². The molecule has 29 heavy (non-hydrogen) atoms. The van der Waals surface area contributed by atoms with Gasteiger partial charge < -0.3 is 20.0 Å². The molecule has 0 saturated carbocycles. The molecule has 6 nitrogen and oxygen atoms in total. The minimum absolute atomic E-state index is 0.0422. The molecule has 0 aliphatic carbocycles. The Kier molecular flexibility index (Phi) is 5.53. The van der Waals surface area contributed by atoms with Crippen molar-refractivity contribution in [2.45, 2.75) is 26.3 Å². The van der Waals surface area contributed by atoms with Crippen molar-refractivity contribution in [2.24, 2.45) is 0 Å². The van der Waals surface area contributed by atoms with E-state index in [9.17, 15) is 9.59 Å². The van der Waals surface area contributed by atoms with Crippen molar-refractivity contribution in [1.29, 1.82) is 0 Å². The number of carbonyl (C=O) groups is 2. The van der Waals surface area contributed by atoms with E-state index in [4.69, 9.17) is 0 Å². The van der Waals surface area contributed by atoms with Gasteiger partial charge in [0.25, 0.3) is 5.91 Å². The van der Waals surface area contributed by atoms with Crippen LogP contribution < -0.4 is 20.0 Å². The summed E-state index contributed by atoms with van der Waals surface area (Å²) in [7, 11) is 0. The Morgan fingerprint density at radius 2 is 1.72 bits per heavy atom. The number of hydrogen-bond acceptors (Lipinski definition) is 3. The van der Waals surface area contributed by atoms with Crippen LogP contribution in [0.5, 0.6) is 0 Å². The lowest BCUT2D eigenvalue weighted by atomic mass is 10.1. The van der Waals surface area contributed by atoms with Crippen molar-refractivity contribution in [2.75, 3.05) is 47.8 Å². The number of fused-ring (bicyclic) bond motifs is 1. The number of quaternary nitrogens is 1. The van der Waals surface area contributed by atoms with Crippen LogP contribution in [0.1, 0.15) is 18.9 Å². The predicted molar refractivity (Wildman–Crippen MR) is 116 cm³/mol. The van der Waals surface area contributed by atoms with E-state index in [2.05, 4.69) is 41.4 Å². The quantitative estimate of drug-likeness (QED) is 0.830.